The Morgan fingerprint density at radius 1 is 0.938 bits per heavy atom. The number of likely N-dealkylation sites (N-methyl/N-ethyl adjacent to an activating group) is 1. The summed E-state index contributed by atoms with van der Waals surface area (Å²) < 4.78 is 13.1. The number of benzene rings is 2. The van der Waals surface area contributed by atoms with E-state index in [-0.39, 0.29) is 43.4 Å². The van der Waals surface area contributed by atoms with Gasteiger partial charge in [-0.15, -0.1) is 12.4 Å². The maximum absolute atomic E-state index is 13.5. The average Bonchev–Trinajstić information content (AvgIpc) is 3.40. The molecule has 2 heterocycles. The summed E-state index contributed by atoms with van der Waals surface area (Å²) in [5.74, 6) is -0.131. The number of ether oxygens (including phenoxy) is 2. The van der Waals surface area contributed by atoms with Crippen LogP contribution in [0.5, 0.6) is 0 Å². The number of hydrogen-bond acceptors (Lipinski definition) is 6. The molecular weight excluding hydrogens is 628 g/mol. The molecule has 4 atom stereocenters. The number of piperidine rings is 1. The second kappa shape index (κ2) is 18.3. The Bertz CT molecular complexity index is 1490. The van der Waals surface area contributed by atoms with Crippen LogP contribution in [0, 0.1) is 5.92 Å². The molecule has 5 rings (SSSR count). The molecule has 10 heteroatoms. The Morgan fingerprint density at radius 2 is 1.69 bits per heavy atom. The van der Waals surface area contributed by atoms with Crippen LogP contribution in [0.1, 0.15) is 87.3 Å². The largest absolute Gasteiger partial charge is 0.463 e. The molecule has 1 unspecified atom stereocenters. The van der Waals surface area contributed by atoms with Crippen LogP contribution in [-0.4, -0.2) is 66.3 Å². The first-order valence-electron chi connectivity index (χ1n) is 17.5. The molecule has 1 saturated heterocycles. The van der Waals surface area contributed by atoms with Gasteiger partial charge in [-0.1, -0.05) is 87.9 Å². The van der Waals surface area contributed by atoms with Crippen LogP contribution in [0.3, 0.4) is 0 Å². The van der Waals surface area contributed by atoms with Crippen molar-refractivity contribution < 1.29 is 23.9 Å². The number of likely N-dealkylation sites (tertiary alicyclic amines) is 1. The maximum atomic E-state index is 13.5. The van der Waals surface area contributed by atoms with Gasteiger partial charge in [-0.25, -0.2) is 4.79 Å². The van der Waals surface area contributed by atoms with Crippen LogP contribution in [0.2, 0.25) is 0 Å². The number of amides is 2. The summed E-state index contributed by atoms with van der Waals surface area (Å²) in [6.07, 6.45) is 11.5. The van der Waals surface area contributed by atoms with E-state index in [1.807, 2.05) is 30.3 Å². The molecule has 1 aliphatic carbocycles. The van der Waals surface area contributed by atoms with Crippen molar-refractivity contribution in [1.82, 2.24) is 20.1 Å². The fourth-order valence-electron chi connectivity index (χ4n) is 7.41. The minimum Gasteiger partial charge on any atom is -0.463 e. The SMILES string of the molecule is CCCCCCCCCC(=O)OC[C@H](NC(=O)OCc1ccccc1)C(=O)NC[C@@H]1CC2c3cccc4c3c(cn4C)C[C@H]2N(C)C1.Cl. The fourth-order valence-corrected chi connectivity index (χ4v) is 7.41. The predicted octanol–water partition coefficient (Wildman–Crippen LogP) is 6.66. The summed E-state index contributed by atoms with van der Waals surface area (Å²) in [5.41, 5.74) is 4.91. The molecule has 0 spiro atoms. The number of rotatable bonds is 16. The van der Waals surface area contributed by atoms with E-state index in [9.17, 15) is 14.4 Å². The van der Waals surface area contributed by atoms with Crippen molar-refractivity contribution in [3.05, 3.63) is 71.4 Å². The topological polar surface area (TPSA) is 102 Å². The summed E-state index contributed by atoms with van der Waals surface area (Å²) in [5, 5.41) is 7.09. The molecule has 1 aromatic heterocycles. The van der Waals surface area contributed by atoms with Crippen molar-refractivity contribution in [3.8, 4) is 0 Å². The molecule has 2 aliphatic rings. The summed E-state index contributed by atoms with van der Waals surface area (Å²) in [6.45, 7) is 3.36. The minimum absolute atomic E-state index is 0. The summed E-state index contributed by atoms with van der Waals surface area (Å²) in [4.78, 5) is 41.2. The number of alkyl carbamates (subject to hydrolysis) is 1. The van der Waals surface area contributed by atoms with E-state index in [1.165, 1.54) is 47.7 Å². The minimum atomic E-state index is -1.05. The molecule has 2 amide bonds. The first-order chi connectivity index (χ1) is 22.8. The fraction of sp³-hybridized carbons (Fsp3) is 0.553. The number of halogens is 1. The van der Waals surface area contributed by atoms with E-state index < -0.39 is 12.1 Å². The summed E-state index contributed by atoms with van der Waals surface area (Å²) >= 11 is 0. The van der Waals surface area contributed by atoms with Crippen molar-refractivity contribution in [2.75, 3.05) is 26.7 Å². The van der Waals surface area contributed by atoms with Gasteiger partial charge in [0.05, 0.1) is 0 Å². The van der Waals surface area contributed by atoms with Crippen LogP contribution in [0.4, 0.5) is 4.79 Å². The molecule has 0 bridgehead atoms. The van der Waals surface area contributed by atoms with Gasteiger partial charge < -0.3 is 29.6 Å². The lowest BCUT2D eigenvalue weighted by Gasteiger charge is -2.45. The number of aromatic nitrogens is 1. The monoisotopic (exact) mass is 680 g/mol. The lowest BCUT2D eigenvalue weighted by atomic mass is 9.72. The van der Waals surface area contributed by atoms with E-state index in [4.69, 9.17) is 9.47 Å². The number of carbonyl (C=O) groups excluding carboxylic acids is 3. The highest BCUT2D eigenvalue weighted by Gasteiger charge is 2.40. The summed E-state index contributed by atoms with van der Waals surface area (Å²) in [6, 6.07) is 15.3. The smallest absolute Gasteiger partial charge is 0.408 e. The molecule has 1 fully saturated rings. The first-order valence-corrected chi connectivity index (χ1v) is 17.5. The highest BCUT2D eigenvalue weighted by atomic mass is 35.5. The lowest BCUT2D eigenvalue weighted by Crippen LogP contribution is -2.53. The number of nitrogens with zero attached hydrogens (tertiary/aromatic N) is 2. The Kier molecular flexibility index (Phi) is 14.2. The highest BCUT2D eigenvalue weighted by Crippen LogP contribution is 2.44. The third-order valence-electron chi connectivity index (χ3n) is 9.90. The van der Waals surface area contributed by atoms with Crippen molar-refractivity contribution in [2.45, 2.75) is 95.7 Å². The Labute approximate surface area is 291 Å². The van der Waals surface area contributed by atoms with Crippen molar-refractivity contribution in [2.24, 2.45) is 13.0 Å². The number of nitrogens with one attached hydrogen (secondary N) is 2. The normalized spacial score (nSPS) is 19.1. The van der Waals surface area contributed by atoms with Gasteiger partial charge in [-0.05, 0) is 55.0 Å². The highest BCUT2D eigenvalue weighted by molar-refractivity contribution is 5.89. The zero-order chi connectivity index (χ0) is 33.2. The molecule has 0 radical (unpaired) electrons. The van der Waals surface area contributed by atoms with E-state index >= 15 is 0 Å². The van der Waals surface area contributed by atoms with Gasteiger partial charge in [0, 0.05) is 55.6 Å². The second-order valence-electron chi connectivity index (χ2n) is 13.5. The number of aryl methyl sites for hydroxylation is 1. The van der Waals surface area contributed by atoms with Crippen molar-refractivity contribution in [3.63, 3.8) is 0 Å². The van der Waals surface area contributed by atoms with Crippen molar-refractivity contribution >= 4 is 41.3 Å². The van der Waals surface area contributed by atoms with Crippen molar-refractivity contribution in [1.29, 1.82) is 0 Å². The number of unbranched alkanes of at least 4 members (excludes halogenated alkanes) is 6. The zero-order valence-electron chi connectivity index (χ0n) is 28.7. The van der Waals surface area contributed by atoms with Gasteiger partial charge in [0.2, 0.25) is 5.91 Å². The molecule has 1 aliphatic heterocycles. The van der Waals surface area contributed by atoms with Gasteiger partial charge in [-0.3, -0.25) is 9.59 Å². The number of esters is 1. The van der Waals surface area contributed by atoms with Gasteiger partial charge in [0.1, 0.15) is 19.3 Å². The third-order valence-corrected chi connectivity index (χ3v) is 9.90. The Balaban J connectivity index is 0.00000520. The quantitative estimate of drug-likeness (QED) is 0.130. The first kappa shape index (κ1) is 37.3. The van der Waals surface area contributed by atoms with Gasteiger partial charge in [0.25, 0.3) is 0 Å². The third kappa shape index (κ3) is 9.75. The molecule has 3 aromatic rings. The van der Waals surface area contributed by atoms with Gasteiger partial charge in [0.15, 0.2) is 0 Å². The van der Waals surface area contributed by atoms with Crippen LogP contribution in [-0.2, 0) is 39.1 Å². The van der Waals surface area contributed by atoms with Crippen LogP contribution in [0.25, 0.3) is 10.9 Å². The van der Waals surface area contributed by atoms with Gasteiger partial charge in [-0.2, -0.15) is 0 Å². The number of hydrogen-bond donors (Lipinski definition) is 2. The van der Waals surface area contributed by atoms with E-state index in [1.54, 1.807) is 0 Å². The molecule has 2 aromatic carbocycles. The van der Waals surface area contributed by atoms with Crippen LogP contribution in [0.15, 0.2) is 54.7 Å². The predicted molar refractivity (Wildman–Crippen MR) is 191 cm³/mol. The Morgan fingerprint density at radius 3 is 2.46 bits per heavy atom. The Hall–Kier alpha value is -3.56. The molecule has 9 nitrogen and oxygen atoms in total. The molecular formula is C38H53ClN4O5. The molecule has 2 N–H and O–H groups in total. The second-order valence-corrected chi connectivity index (χ2v) is 13.5. The van der Waals surface area contributed by atoms with Crippen LogP contribution >= 0.6 is 12.4 Å². The molecule has 262 valence electrons. The number of fused-ring (bicyclic) bond motifs is 2. The standard InChI is InChI=1S/C38H52N4O5.ClH/c1-4-5-6-7-8-9-13-19-35(43)46-26-32(40-38(45)47-25-27-15-11-10-12-16-27)37(44)39-22-28-20-31-30-17-14-18-33-36(30)29(24-42(33)3)21-34(31)41(2)23-28;/h10-12,14-18,24,28,31-32,34H,4-9,13,19-23,25-26H2,1-3H3,(H,39,44)(H,40,45);1H/t28-,31?,32-,34+;/m0./s1. The average molecular weight is 681 g/mol. The van der Waals surface area contributed by atoms with Gasteiger partial charge >= 0.3 is 12.1 Å². The zero-order valence-corrected chi connectivity index (χ0v) is 29.6. The van der Waals surface area contributed by atoms with E-state index in [2.05, 4.69) is 65.5 Å². The summed E-state index contributed by atoms with van der Waals surface area (Å²) in [7, 11) is 4.29. The molecule has 48 heavy (non-hydrogen) atoms. The number of carbonyl (C=O) groups is 3. The molecule has 0 saturated carbocycles. The lowest BCUT2D eigenvalue weighted by molar-refractivity contribution is -0.145. The van der Waals surface area contributed by atoms with Crippen LogP contribution < -0.4 is 10.6 Å². The van der Waals surface area contributed by atoms with E-state index in [0.29, 0.717) is 24.9 Å². The maximum Gasteiger partial charge on any atom is 0.408 e. The van der Waals surface area contributed by atoms with E-state index in [0.717, 1.165) is 44.2 Å².